The molecule has 2 aromatic carbocycles. The number of ether oxygens (including phenoxy) is 1. The van der Waals surface area contributed by atoms with Gasteiger partial charge in [0.2, 0.25) is 5.91 Å². The van der Waals surface area contributed by atoms with Crippen LogP contribution in [0.2, 0.25) is 0 Å². The number of carbonyl (C=O) groups is 1. The van der Waals surface area contributed by atoms with E-state index in [0.717, 1.165) is 21.7 Å². The van der Waals surface area contributed by atoms with Gasteiger partial charge in [-0.25, -0.2) is 4.98 Å². The summed E-state index contributed by atoms with van der Waals surface area (Å²) in [4.78, 5) is 31.7. The molecule has 1 fully saturated rings. The molecule has 1 aliphatic heterocycles. The Morgan fingerprint density at radius 2 is 2.03 bits per heavy atom. The van der Waals surface area contributed by atoms with Crippen molar-refractivity contribution in [2.45, 2.75) is 0 Å². The van der Waals surface area contributed by atoms with Crippen LogP contribution in [0.5, 0.6) is 5.75 Å². The first kappa shape index (κ1) is 20.0. The molecule has 1 saturated heterocycles. The highest BCUT2D eigenvalue weighted by molar-refractivity contribution is 7.22. The maximum Gasteiger partial charge on any atom is 0.271 e. The topological polar surface area (TPSA) is 101 Å². The average molecular weight is 427 g/mol. The van der Waals surface area contributed by atoms with Crippen LogP contribution in [0.15, 0.2) is 42.5 Å². The van der Waals surface area contributed by atoms with Crippen molar-refractivity contribution in [1.82, 2.24) is 9.88 Å². The molecule has 10 heteroatoms. The number of nitro benzene ring substituents is 1. The fraction of sp³-hybridized carbons (Fsp3) is 0.300. The van der Waals surface area contributed by atoms with Crippen molar-refractivity contribution < 1.29 is 14.5 Å². The number of benzene rings is 2. The van der Waals surface area contributed by atoms with Crippen molar-refractivity contribution in [1.29, 1.82) is 0 Å². The van der Waals surface area contributed by atoms with E-state index in [-0.39, 0.29) is 23.1 Å². The number of piperazine rings is 1. The van der Waals surface area contributed by atoms with E-state index in [4.69, 9.17) is 4.74 Å². The second-order valence-corrected chi connectivity index (χ2v) is 7.97. The summed E-state index contributed by atoms with van der Waals surface area (Å²) in [6.45, 7) is 3.09. The standard InChI is InChI=1S/C20H21N5O4S/c1-29-16-5-6-17-18(12-16)30-20(21-17)22-19(26)13-23-7-9-24(10-8-23)14-3-2-4-15(11-14)25(27)28/h2-6,11-12H,7-10,13H2,1H3,(H,21,22,26). The largest absolute Gasteiger partial charge is 0.497 e. The molecule has 0 bridgehead atoms. The summed E-state index contributed by atoms with van der Waals surface area (Å²) in [6, 6.07) is 12.3. The molecule has 0 saturated carbocycles. The van der Waals surface area contributed by atoms with Gasteiger partial charge in [-0.3, -0.25) is 19.8 Å². The van der Waals surface area contributed by atoms with E-state index in [2.05, 4.69) is 20.1 Å². The third kappa shape index (κ3) is 4.50. The van der Waals surface area contributed by atoms with E-state index in [0.29, 0.717) is 31.3 Å². The van der Waals surface area contributed by atoms with Gasteiger partial charge in [-0.05, 0) is 24.3 Å². The number of nitrogens with zero attached hydrogens (tertiary/aromatic N) is 4. The predicted octanol–water partition coefficient (Wildman–Crippen LogP) is 2.97. The molecule has 2 heterocycles. The Kier molecular flexibility index (Phi) is 5.77. The number of thiazole rings is 1. The van der Waals surface area contributed by atoms with E-state index >= 15 is 0 Å². The molecule has 0 unspecified atom stereocenters. The van der Waals surface area contributed by atoms with Gasteiger partial charge >= 0.3 is 0 Å². The van der Waals surface area contributed by atoms with Crippen molar-refractivity contribution in [2.75, 3.05) is 50.1 Å². The van der Waals surface area contributed by atoms with Crippen molar-refractivity contribution >= 4 is 44.0 Å². The second-order valence-electron chi connectivity index (χ2n) is 6.94. The lowest BCUT2D eigenvalue weighted by Gasteiger charge is -2.35. The summed E-state index contributed by atoms with van der Waals surface area (Å²) in [7, 11) is 1.61. The molecule has 1 N–H and O–H groups in total. The number of rotatable bonds is 6. The van der Waals surface area contributed by atoms with Gasteiger partial charge in [0.1, 0.15) is 5.75 Å². The van der Waals surface area contributed by atoms with Gasteiger partial charge in [0, 0.05) is 44.0 Å². The van der Waals surface area contributed by atoms with Crippen molar-refractivity contribution in [2.24, 2.45) is 0 Å². The van der Waals surface area contributed by atoms with E-state index in [1.54, 1.807) is 19.2 Å². The van der Waals surface area contributed by atoms with Gasteiger partial charge in [0.25, 0.3) is 5.69 Å². The molecule has 156 valence electrons. The van der Waals surface area contributed by atoms with Crippen LogP contribution in [0.1, 0.15) is 0 Å². The molecule has 1 amide bonds. The first-order chi connectivity index (χ1) is 14.5. The summed E-state index contributed by atoms with van der Waals surface area (Å²) < 4.78 is 6.17. The maximum absolute atomic E-state index is 12.5. The first-order valence-corrected chi connectivity index (χ1v) is 10.3. The Balaban J connectivity index is 1.31. The average Bonchev–Trinajstić information content (AvgIpc) is 3.15. The minimum Gasteiger partial charge on any atom is -0.497 e. The fourth-order valence-corrected chi connectivity index (χ4v) is 4.33. The van der Waals surface area contributed by atoms with Crippen molar-refractivity contribution in [3.8, 4) is 5.75 Å². The summed E-state index contributed by atoms with van der Waals surface area (Å²) in [5.74, 6) is 0.649. The van der Waals surface area contributed by atoms with Crippen LogP contribution < -0.4 is 15.0 Å². The van der Waals surface area contributed by atoms with Gasteiger partial charge in [-0.1, -0.05) is 17.4 Å². The van der Waals surface area contributed by atoms with Gasteiger partial charge < -0.3 is 15.0 Å². The van der Waals surface area contributed by atoms with Gasteiger partial charge in [0.15, 0.2) is 5.13 Å². The monoisotopic (exact) mass is 427 g/mol. The van der Waals surface area contributed by atoms with Gasteiger partial charge in [0.05, 0.1) is 28.8 Å². The zero-order valence-corrected chi connectivity index (χ0v) is 17.2. The maximum atomic E-state index is 12.5. The molecule has 0 aliphatic carbocycles. The molecular formula is C20H21N5O4S. The third-order valence-electron chi connectivity index (χ3n) is 4.99. The quantitative estimate of drug-likeness (QED) is 0.477. The van der Waals surface area contributed by atoms with Crippen LogP contribution in [0.25, 0.3) is 10.2 Å². The number of amides is 1. The smallest absolute Gasteiger partial charge is 0.271 e. The number of nitrogens with one attached hydrogen (secondary N) is 1. The van der Waals surface area contributed by atoms with E-state index < -0.39 is 0 Å². The number of hydrogen-bond donors (Lipinski definition) is 1. The Bertz CT molecular complexity index is 1080. The molecule has 3 aromatic rings. The number of nitro groups is 1. The lowest BCUT2D eigenvalue weighted by Crippen LogP contribution is -2.48. The number of aromatic nitrogens is 1. The van der Waals surface area contributed by atoms with Crippen LogP contribution in [0.3, 0.4) is 0 Å². The third-order valence-corrected chi connectivity index (χ3v) is 5.92. The van der Waals surface area contributed by atoms with Gasteiger partial charge in [-0.2, -0.15) is 0 Å². The molecular weight excluding hydrogens is 406 g/mol. The lowest BCUT2D eigenvalue weighted by molar-refractivity contribution is -0.384. The molecule has 0 spiro atoms. The first-order valence-electron chi connectivity index (χ1n) is 9.48. The molecule has 0 radical (unpaired) electrons. The number of methoxy groups -OCH3 is 1. The molecule has 1 aliphatic rings. The van der Waals surface area contributed by atoms with E-state index in [9.17, 15) is 14.9 Å². The number of anilines is 2. The minimum absolute atomic E-state index is 0.0859. The summed E-state index contributed by atoms with van der Waals surface area (Å²) in [5, 5.41) is 14.4. The minimum atomic E-state index is -0.387. The Hall–Kier alpha value is -3.24. The summed E-state index contributed by atoms with van der Waals surface area (Å²) >= 11 is 1.41. The fourth-order valence-electron chi connectivity index (χ4n) is 3.41. The van der Waals surface area contributed by atoms with Crippen molar-refractivity contribution in [3.63, 3.8) is 0 Å². The van der Waals surface area contributed by atoms with Crippen molar-refractivity contribution in [3.05, 3.63) is 52.6 Å². The van der Waals surface area contributed by atoms with E-state index in [1.807, 2.05) is 24.3 Å². The Morgan fingerprint density at radius 3 is 2.77 bits per heavy atom. The zero-order valence-electron chi connectivity index (χ0n) is 16.4. The Labute approximate surface area is 177 Å². The number of hydrogen-bond acceptors (Lipinski definition) is 8. The SMILES string of the molecule is COc1ccc2nc(NC(=O)CN3CCN(c4cccc([N+](=O)[O-])c4)CC3)sc2c1. The normalized spacial score (nSPS) is 14.6. The Morgan fingerprint density at radius 1 is 1.23 bits per heavy atom. The number of fused-ring (bicyclic) bond motifs is 1. The molecule has 4 rings (SSSR count). The van der Waals surface area contributed by atoms with Crippen LogP contribution in [0, 0.1) is 10.1 Å². The van der Waals surface area contributed by atoms with Crippen LogP contribution in [-0.2, 0) is 4.79 Å². The number of non-ortho nitro benzene ring substituents is 1. The highest BCUT2D eigenvalue weighted by Crippen LogP contribution is 2.29. The van der Waals surface area contributed by atoms with Crippen LogP contribution in [0.4, 0.5) is 16.5 Å². The molecule has 9 nitrogen and oxygen atoms in total. The zero-order chi connectivity index (χ0) is 21.1. The predicted molar refractivity (Wildman–Crippen MR) is 117 cm³/mol. The molecule has 1 aromatic heterocycles. The summed E-state index contributed by atoms with van der Waals surface area (Å²) in [6.07, 6.45) is 0. The highest BCUT2D eigenvalue weighted by Gasteiger charge is 2.21. The van der Waals surface area contributed by atoms with Crippen LogP contribution in [-0.4, -0.2) is 60.5 Å². The van der Waals surface area contributed by atoms with Crippen LogP contribution >= 0.6 is 11.3 Å². The van der Waals surface area contributed by atoms with E-state index in [1.165, 1.54) is 17.4 Å². The van der Waals surface area contributed by atoms with Gasteiger partial charge in [-0.15, -0.1) is 0 Å². The second kappa shape index (κ2) is 8.64. The summed E-state index contributed by atoms with van der Waals surface area (Å²) in [5.41, 5.74) is 1.74. The highest BCUT2D eigenvalue weighted by atomic mass is 32.1. The molecule has 0 atom stereocenters. The number of carbonyl (C=O) groups excluding carboxylic acids is 1. The molecule has 30 heavy (non-hydrogen) atoms. The lowest BCUT2D eigenvalue weighted by atomic mass is 10.2.